The predicted octanol–water partition coefficient (Wildman–Crippen LogP) is 3.33. The average molecular weight is 507 g/mol. The molecule has 1 saturated heterocycles. The van der Waals surface area contributed by atoms with Crippen LogP contribution in [0.3, 0.4) is 0 Å². The first-order valence-corrected chi connectivity index (χ1v) is 13.0. The SMILES string of the molecule is CC(C)(C)OC(=O)N1CCN(c2c3n(c4nc(-c5ccc6c(c5)COC6(C)C)nn4c2=O)CCC3)CC1. The van der Waals surface area contributed by atoms with Crippen molar-refractivity contribution in [2.24, 2.45) is 0 Å². The van der Waals surface area contributed by atoms with Gasteiger partial charge in [-0.15, -0.1) is 5.10 Å². The molecular weight excluding hydrogens is 472 g/mol. The molecule has 3 aliphatic rings. The topological polar surface area (TPSA) is 94.2 Å². The van der Waals surface area contributed by atoms with E-state index in [1.165, 1.54) is 10.1 Å². The summed E-state index contributed by atoms with van der Waals surface area (Å²) in [6, 6.07) is 6.16. The summed E-state index contributed by atoms with van der Waals surface area (Å²) in [6.07, 6.45) is 1.46. The molecule has 1 amide bonds. The van der Waals surface area contributed by atoms with Crippen LogP contribution in [0.15, 0.2) is 23.0 Å². The number of rotatable bonds is 2. The molecule has 0 radical (unpaired) electrons. The van der Waals surface area contributed by atoms with Crippen molar-refractivity contribution in [2.45, 2.75) is 71.8 Å². The van der Waals surface area contributed by atoms with E-state index in [2.05, 4.69) is 40.5 Å². The normalized spacial score (nSPS) is 18.8. The van der Waals surface area contributed by atoms with Gasteiger partial charge in [0.05, 0.1) is 17.9 Å². The van der Waals surface area contributed by atoms with Gasteiger partial charge in [-0.1, -0.05) is 12.1 Å². The van der Waals surface area contributed by atoms with Gasteiger partial charge in [0.1, 0.15) is 11.3 Å². The molecule has 0 atom stereocenters. The standard InChI is InChI=1S/C27H34N6O4/c1-26(2,3)37-25(35)31-13-11-30(12-14-31)21-20-7-6-10-32(20)24-28-22(29-33(24)23(21)34)17-8-9-19-18(15-17)16-36-27(19,4)5/h8-9,15H,6-7,10-14,16H2,1-5H3. The van der Waals surface area contributed by atoms with Gasteiger partial charge in [0, 0.05) is 38.3 Å². The van der Waals surface area contributed by atoms with Gasteiger partial charge in [-0.05, 0) is 64.7 Å². The second kappa shape index (κ2) is 8.31. The Labute approximate surface area is 215 Å². The third-order valence-electron chi connectivity index (χ3n) is 7.47. The van der Waals surface area contributed by atoms with E-state index in [1.807, 2.05) is 26.8 Å². The average Bonchev–Trinajstić information content (AvgIpc) is 3.56. The number of benzene rings is 1. The molecule has 0 bridgehead atoms. The Kier molecular flexibility index (Phi) is 5.38. The van der Waals surface area contributed by atoms with Crippen molar-refractivity contribution in [3.63, 3.8) is 0 Å². The molecule has 2 aromatic heterocycles. The molecule has 6 rings (SSSR count). The van der Waals surface area contributed by atoms with Gasteiger partial charge in [0.15, 0.2) is 5.82 Å². The number of carbonyl (C=O) groups is 1. The van der Waals surface area contributed by atoms with Crippen LogP contribution in [0.25, 0.3) is 17.2 Å². The second-order valence-corrected chi connectivity index (χ2v) is 11.6. The van der Waals surface area contributed by atoms with Crippen molar-refractivity contribution in [3.8, 4) is 11.4 Å². The highest BCUT2D eigenvalue weighted by Crippen LogP contribution is 2.37. The summed E-state index contributed by atoms with van der Waals surface area (Å²) in [5.41, 5.74) is 3.87. The van der Waals surface area contributed by atoms with Crippen LogP contribution >= 0.6 is 0 Å². The number of aromatic nitrogens is 4. The zero-order valence-electron chi connectivity index (χ0n) is 22.2. The number of fused-ring (bicyclic) bond motifs is 4. The monoisotopic (exact) mass is 506 g/mol. The molecule has 0 N–H and O–H groups in total. The predicted molar refractivity (Wildman–Crippen MR) is 139 cm³/mol. The third-order valence-corrected chi connectivity index (χ3v) is 7.47. The smallest absolute Gasteiger partial charge is 0.410 e. The minimum absolute atomic E-state index is 0.154. The molecule has 3 aromatic rings. The molecule has 0 aliphatic carbocycles. The maximum absolute atomic E-state index is 13.8. The van der Waals surface area contributed by atoms with Crippen LogP contribution in [0.4, 0.5) is 10.5 Å². The van der Waals surface area contributed by atoms with E-state index in [4.69, 9.17) is 14.5 Å². The Balaban J connectivity index is 1.33. The maximum Gasteiger partial charge on any atom is 0.410 e. The number of anilines is 1. The van der Waals surface area contributed by atoms with Crippen LogP contribution in [0.2, 0.25) is 0 Å². The maximum atomic E-state index is 13.8. The van der Waals surface area contributed by atoms with Crippen molar-refractivity contribution in [2.75, 3.05) is 31.1 Å². The first-order chi connectivity index (χ1) is 17.5. The van der Waals surface area contributed by atoms with Gasteiger partial charge in [0.2, 0.25) is 5.78 Å². The van der Waals surface area contributed by atoms with Gasteiger partial charge in [-0.2, -0.15) is 9.50 Å². The third kappa shape index (κ3) is 4.07. The Bertz CT molecular complexity index is 1460. The summed E-state index contributed by atoms with van der Waals surface area (Å²) in [6.45, 7) is 13.2. The van der Waals surface area contributed by atoms with Gasteiger partial charge < -0.3 is 23.8 Å². The zero-order valence-corrected chi connectivity index (χ0v) is 22.2. The molecule has 0 spiro atoms. The van der Waals surface area contributed by atoms with Crippen LogP contribution in [0.1, 0.15) is 57.9 Å². The largest absolute Gasteiger partial charge is 0.444 e. The highest BCUT2D eigenvalue weighted by molar-refractivity contribution is 5.69. The molecule has 0 saturated carbocycles. The van der Waals surface area contributed by atoms with Crippen molar-refractivity contribution in [1.82, 2.24) is 24.1 Å². The molecule has 1 aromatic carbocycles. The molecule has 196 valence electrons. The van der Waals surface area contributed by atoms with E-state index in [-0.39, 0.29) is 17.3 Å². The summed E-state index contributed by atoms with van der Waals surface area (Å²) in [7, 11) is 0. The number of amides is 1. The molecule has 1 fully saturated rings. The molecule has 10 nitrogen and oxygen atoms in total. The fourth-order valence-electron chi connectivity index (χ4n) is 5.63. The van der Waals surface area contributed by atoms with E-state index < -0.39 is 5.60 Å². The van der Waals surface area contributed by atoms with E-state index in [0.717, 1.165) is 36.2 Å². The van der Waals surface area contributed by atoms with Crippen LogP contribution in [0.5, 0.6) is 0 Å². The number of hydrogen-bond donors (Lipinski definition) is 0. The number of nitrogens with zero attached hydrogens (tertiary/aromatic N) is 6. The number of aryl methyl sites for hydroxylation is 1. The summed E-state index contributed by atoms with van der Waals surface area (Å²) >= 11 is 0. The van der Waals surface area contributed by atoms with Crippen molar-refractivity contribution >= 4 is 17.6 Å². The fraction of sp³-hybridized carbons (Fsp3) is 0.556. The Morgan fingerprint density at radius 3 is 2.59 bits per heavy atom. The van der Waals surface area contributed by atoms with Crippen LogP contribution in [-0.4, -0.2) is 61.9 Å². The Morgan fingerprint density at radius 1 is 1.11 bits per heavy atom. The van der Waals surface area contributed by atoms with E-state index in [9.17, 15) is 9.59 Å². The quantitative estimate of drug-likeness (QED) is 0.526. The number of carbonyl (C=O) groups excluding carboxylic acids is 1. The first-order valence-electron chi connectivity index (χ1n) is 13.0. The highest BCUT2D eigenvalue weighted by Gasteiger charge is 2.33. The van der Waals surface area contributed by atoms with Crippen LogP contribution in [-0.2, 0) is 34.6 Å². The molecular formula is C27H34N6O4. The molecule has 10 heteroatoms. The summed E-state index contributed by atoms with van der Waals surface area (Å²) in [5.74, 6) is 1.12. The zero-order chi connectivity index (χ0) is 26.1. The first kappa shape index (κ1) is 24.0. The molecule has 37 heavy (non-hydrogen) atoms. The lowest BCUT2D eigenvalue weighted by molar-refractivity contribution is -0.00789. The minimum atomic E-state index is -0.536. The van der Waals surface area contributed by atoms with Gasteiger partial charge in [-0.25, -0.2) is 4.79 Å². The number of ether oxygens (including phenoxy) is 2. The van der Waals surface area contributed by atoms with Gasteiger partial charge in [-0.3, -0.25) is 4.79 Å². The highest BCUT2D eigenvalue weighted by atomic mass is 16.6. The van der Waals surface area contributed by atoms with Gasteiger partial charge in [0.25, 0.3) is 5.56 Å². The minimum Gasteiger partial charge on any atom is -0.444 e. The Hall–Kier alpha value is -3.40. The number of piperazine rings is 1. The van der Waals surface area contributed by atoms with E-state index in [1.54, 1.807) is 4.90 Å². The molecule has 0 unspecified atom stereocenters. The van der Waals surface area contributed by atoms with E-state index >= 15 is 0 Å². The lowest BCUT2D eigenvalue weighted by Gasteiger charge is -2.37. The number of hydrogen-bond acceptors (Lipinski definition) is 7. The van der Waals surface area contributed by atoms with Crippen LogP contribution in [0, 0.1) is 0 Å². The summed E-state index contributed by atoms with van der Waals surface area (Å²) < 4.78 is 15.0. The van der Waals surface area contributed by atoms with E-state index in [0.29, 0.717) is 50.1 Å². The summed E-state index contributed by atoms with van der Waals surface area (Å²) in [5, 5.41) is 4.68. The lowest BCUT2D eigenvalue weighted by Crippen LogP contribution is -2.51. The van der Waals surface area contributed by atoms with Crippen molar-refractivity contribution in [1.29, 1.82) is 0 Å². The lowest BCUT2D eigenvalue weighted by atomic mass is 9.94. The van der Waals surface area contributed by atoms with Crippen LogP contribution < -0.4 is 10.5 Å². The van der Waals surface area contributed by atoms with Crippen molar-refractivity contribution in [3.05, 3.63) is 45.4 Å². The van der Waals surface area contributed by atoms with Crippen molar-refractivity contribution < 1.29 is 14.3 Å². The Morgan fingerprint density at radius 2 is 1.86 bits per heavy atom. The summed E-state index contributed by atoms with van der Waals surface area (Å²) in [4.78, 5) is 34.9. The van der Waals surface area contributed by atoms with Gasteiger partial charge >= 0.3 is 6.09 Å². The molecule has 3 aliphatic heterocycles. The molecule has 5 heterocycles. The fourth-order valence-corrected chi connectivity index (χ4v) is 5.63. The second-order valence-electron chi connectivity index (χ2n) is 11.6.